The number of hydrogen-bond donors (Lipinski definition) is 1. The van der Waals surface area contributed by atoms with E-state index < -0.39 is 0 Å². The van der Waals surface area contributed by atoms with Crippen LogP contribution >= 0.6 is 0 Å². The van der Waals surface area contributed by atoms with Crippen molar-refractivity contribution < 1.29 is 0 Å². The number of aromatic nitrogens is 4. The standard InChI is InChI=1S/C8H9N5.C2H6/c1-6-11-5-13(12-6)7-2-3-8(9)10-4-7;1-2/h2-5H,1H3,(H2,9,10);1-2H3. The largest absolute Gasteiger partial charge is 0.384 e. The quantitative estimate of drug-likeness (QED) is 0.767. The van der Waals surface area contributed by atoms with Crippen molar-refractivity contribution in [3.8, 4) is 5.69 Å². The molecule has 5 heteroatoms. The molecule has 0 atom stereocenters. The highest BCUT2D eigenvalue weighted by molar-refractivity contribution is 5.36. The lowest BCUT2D eigenvalue weighted by molar-refractivity contribution is 0.857. The summed E-state index contributed by atoms with van der Waals surface area (Å²) in [6.07, 6.45) is 3.30. The van der Waals surface area contributed by atoms with E-state index in [9.17, 15) is 0 Å². The predicted octanol–water partition coefficient (Wildman–Crippen LogP) is 1.58. The van der Waals surface area contributed by atoms with E-state index in [2.05, 4.69) is 15.1 Å². The average molecular weight is 205 g/mol. The molecule has 80 valence electrons. The zero-order valence-electron chi connectivity index (χ0n) is 9.18. The predicted molar refractivity (Wildman–Crippen MR) is 59.7 cm³/mol. The third-order valence-corrected chi connectivity index (χ3v) is 1.64. The normalized spacial score (nSPS) is 9.27. The lowest BCUT2D eigenvalue weighted by Gasteiger charge is -1.98. The van der Waals surface area contributed by atoms with Gasteiger partial charge in [-0.1, -0.05) is 13.8 Å². The Bertz CT molecular complexity index is 404. The van der Waals surface area contributed by atoms with E-state index in [1.165, 1.54) is 0 Å². The molecule has 0 fully saturated rings. The summed E-state index contributed by atoms with van der Waals surface area (Å²) < 4.78 is 1.65. The molecule has 2 aromatic heterocycles. The van der Waals surface area contributed by atoms with Crippen molar-refractivity contribution in [1.82, 2.24) is 19.7 Å². The third kappa shape index (κ3) is 2.77. The van der Waals surface area contributed by atoms with Gasteiger partial charge in [-0.05, 0) is 19.1 Å². The smallest absolute Gasteiger partial charge is 0.147 e. The Morgan fingerprint density at radius 2 is 1.93 bits per heavy atom. The zero-order valence-corrected chi connectivity index (χ0v) is 9.18. The minimum Gasteiger partial charge on any atom is -0.384 e. The van der Waals surface area contributed by atoms with E-state index in [0.29, 0.717) is 5.82 Å². The summed E-state index contributed by atoms with van der Waals surface area (Å²) in [7, 11) is 0. The SMILES string of the molecule is CC.Cc1ncn(-c2ccc(N)nc2)n1. The second-order valence-corrected chi connectivity index (χ2v) is 2.68. The Hall–Kier alpha value is -1.91. The molecule has 0 aromatic carbocycles. The number of hydrogen-bond acceptors (Lipinski definition) is 4. The first kappa shape index (κ1) is 11.2. The van der Waals surface area contributed by atoms with Crippen LogP contribution in [-0.2, 0) is 0 Å². The van der Waals surface area contributed by atoms with Crippen molar-refractivity contribution in [1.29, 1.82) is 0 Å². The molecule has 0 unspecified atom stereocenters. The molecule has 0 amide bonds. The van der Waals surface area contributed by atoms with Gasteiger partial charge in [-0.3, -0.25) is 0 Å². The van der Waals surface area contributed by atoms with E-state index in [-0.39, 0.29) is 0 Å². The van der Waals surface area contributed by atoms with Gasteiger partial charge < -0.3 is 5.73 Å². The van der Waals surface area contributed by atoms with E-state index >= 15 is 0 Å². The van der Waals surface area contributed by atoms with E-state index in [4.69, 9.17) is 5.73 Å². The second kappa shape index (κ2) is 5.09. The van der Waals surface area contributed by atoms with Crippen LogP contribution in [0.1, 0.15) is 19.7 Å². The molecule has 0 aliphatic heterocycles. The highest BCUT2D eigenvalue weighted by Crippen LogP contribution is 2.05. The van der Waals surface area contributed by atoms with Crippen LogP contribution in [0.3, 0.4) is 0 Å². The van der Waals surface area contributed by atoms with Crippen molar-refractivity contribution in [3.05, 3.63) is 30.5 Å². The van der Waals surface area contributed by atoms with Crippen LogP contribution in [0, 0.1) is 6.92 Å². The first-order chi connectivity index (χ1) is 7.25. The van der Waals surface area contributed by atoms with Crippen LogP contribution < -0.4 is 5.73 Å². The first-order valence-electron chi connectivity index (χ1n) is 4.86. The van der Waals surface area contributed by atoms with Gasteiger partial charge in [-0.15, -0.1) is 0 Å². The molecule has 0 aliphatic rings. The molecule has 2 heterocycles. The lowest BCUT2D eigenvalue weighted by atomic mass is 10.4. The fraction of sp³-hybridized carbons (Fsp3) is 0.300. The van der Waals surface area contributed by atoms with Gasteiger partial charge in [0.2, 0.25) is 0 Å². The van der Waals surface area contributed by atoms with Crippen LogP contribution in [0.5, 0.6) is 0 Å². The summed E-state index contributed by atoms with van der Waals surface area (Å²) in [6.45, 7) is 5.83. The molecule has 0 saturated heterocycles. The summed E-state index contributed by atoms with van der Waals surface area (Å²) in [5, 5.41) is 4.14. The maximum Gasteiger partial charge on any atom is 0.147 e. The van der Waals surface area contributed by atoms with Crippen molar-refractivity contribution in [3.63, 3.8) is 0 Å². The van der Waals surface area contributed by atoms with Crippen molar-refractivity contribution in [2.75, 3.05) is 5.73 Å². The molecule has 5 nitrogen and oxygen atoms in total. The minimum absolute atomic E-state index is 0.501. The topological polar surface area (TPSA) is 69.6 Å². The summed E-state index contributed by atoms with van der Waals surface area (Å²) >= 11 is 0. The van der Waals surface area contributed by atoms with Gasteiger partial charge in [-0.2, -0.15) is 5.10 Å². The Balaban J connectivity index is 0.000000531. The van der Waals surface area contributed by atoms with E-state index in [1.807, 2.05) is 26.8 Å². The van der Waals surface area contributed by atoms with E-state index in [0.717, 1.165) is 11.5 Å². The first-order valence-corrected chi connectivity index (χ1v) is 4.86. The monoisotopic (exact) mass is 205 g/mol. The van der Waals surface area contributed by atoms with Crippen LogP contribution in [0.15, 0.2) is 24.7 Å². The highest BCUT2D eigenvalue weighted by atomic mass is 15.3. The molecule has 0 spiro atoms. The molecule has 2 N–H and O–H groups in total. The average Bonchev–Trinajstić information content (AvgIpc) is 2.69. The number of nitrogens with two attached hydrogens (primary N) is 1. The number of anilines is 1. The number of nitrogen functional groups attached to an aromatic ring is 1. The number of rotatable bonds is 1. The second-order valence-electron chi connectivity index (χ2n) is 2.68. The fourth-order valence-electron chi connectivity index (χ4n) is 1.00. The minimum atomic E-state index is 0.501. The summed E-state index contributed by atoms with van der Waals surface area (Å²) in [6, 6.07) is 3.57. The Labute approximate surface area is 89.0 Å². The van der Waals surface area contributed by atoms with Crippen molar-refractivity contribution >= 4 is 5.82 Å². The van der Waals surface area contributed by atoms with Crippen LogP contribution in [0.2, 0.25) is 0 Å². The molecular formula is C10H15N5. The maximum atomic E-state index is 5.45. The Morgan fingerprint density at radius 3 is 2.40 bits per heavy atom. The molecule has 0 aliphatic carbocycles. The van der Waals surface area contributed by atoms with Crippen molar-refractivity contribution in [2.24, 2.45) is 0 Å². The van der Waals surface area contributed by atoms with Crippen LogP contribution in [0.25, 0.3) is 5.69 Å². The molecule has 0 radical (unpaired) electrons. The molecule has 15 heavy (non-hydrogen) atoms. The van der Waals surface area contributed by atoms with Crippen LogP contribution in [-0.4, -0.2) is 19.7 Å². The van der Waals surface area contributed by atoms with Gasteiger partial charge in [0.1, 0.15) is 18.0 Å². The van der Waals surface area contributed by atoms with E-state index in [1.54, 1.807) is 23.3 Å². The summed E-state index contributed by atoms with van der Waals surface area (Å²) in [4.78, 5) is 7.96. The molecule has 0 bridgehead atoms. The van der Waals surface area contributed by atoms with Gasteiger partial charge in [-0.25, -0.2) is 14.6 Å². The molecule has 2 rings (SSSR count). The van der Waals surface area contributed by atoms with Gasteiger partial charge in [0, 0.05) is 0 Å². The maximum absolute atomic E-state index is 5.45. The summed E-state index contributed by atoms with van der Waals surface area (Å²) in [5.74, 6) is 1.23. The molecule has 0 saturated carbocycles. The summed E-state index contributed by atoms with van der Waals surface area (Å²) in [5.41, 5.74) is 6.31. The zero-order chi connectivity index (χ0) is 11.3. The van der Waals surface area contributed by atoms with Gasteiger partial charge >= 0.3 is 0 Å². The number of nitrogens with zero attached hydrogens (tertiary/aromatic N) is 4. The highest BCUT2D eigenvalue weighted by Gasteiger charge is 1.98. The van der Waals surface area contributed by atoms with Crippen molar-refractivity contribution in [2.45, 2.75) is 20.8 Å². The van der Waals surface area contributed by atoms with Gasteiger partial charge in [0.25, 0.3) is 0 Å². The lowest BCUT2D eigenvalue weighted by Crippen LogP contribution is -1.97. The van der Waals surface area contributed by atoms with Gasteiger partial charge in [0.05, 0.1) is 11.9 Å². The van der Waals surface area contributed by atoms with Gasteiger partial charge in [0.15, 0.2) is 0 Å². The molecule has 2 aromatic rings. The molecular weight excluding hydrogens is 190 g/mol. The number of aryl methyl sites for hydroxylation is 1. The Morgan fingerprint density at radius 1 is 1.20 bits per heavy atom. The number of pyridine rings is 1. The fourth-order valence-corrected chi connectivity index (χ4v) is 1.00. The third-order valence-electron chi connectivity index (χ3n) is 1.64. The Kier molecular flexibility index (Phi) is 3.79. The van der Waals surface area contributed by atoms with Crippen LogP contribution in [0.4, 0.5) is 5.82 Å².